The Labute approximate surface area is 63.0 Å². The zero-order valence-electron chi connectivity index (χ0n) is 6.66. The van der Waals surface area contributed by atoms with Crippen LogP contribution in [0.15, 0.2) is 0 Å². The lowest BCUT2D eigenvalue weighted by atomic mass is 9.71. The van der Waals surface area contributed by atoms with Gasteiger partial charge in [-0.2, -0.15) is 0 Å². The van der Waals surface area contributed by atoms with Crippen molar-refractivity contribution < 1.29 is 0 Å². The van der Waals surface area contributed by atoms with Crippen LogP contribution in [0.3, 0.4) is 0 Å². The van der Waals surface area contributed by atoms with Crippen LogP contribution in [-0.2, 0) is 0 Å². The van der Waals surface area contributed by atoms with Crippen LogP contribution >= 0.6 is 0 Å². The van der Waals surface area contributed by atoms with E-state index in [0.717, 1.165) is 10.8 Å². The van der Waals surface area contributed by atoms with E-state index in [-0.39, 0.29) is 0 Å². The van der Waals surface area contributed by atoms with Gasteiger partial charge in [-0.1, -0.05) is 19.3 Å². The van der Waals surface area contributed by atoms with Crippen LogP contribution < -0.4 is 0 Å². The van der Waals surface area contributed by atoms with Gasteiger partial charge in [-0.25, -0.2) is 0 Å². The Morgan fingerprint density at radius 1 is 0.600 bits per heavy atom. The molecule has 0 spiro atoms. The smallest absolute Gasteiger partial charge is 0.0235 e. The van der Waals surface area contributed by atoms with Gasteiger partial charge in [0.1, 0.15) is 0 Å². The molecule has 0 radical (unpaired) electrons. The van der Waals surface area contributed by atoms with Crippen LogP contribution in [0.2, 0.25) is 0 Å². The molecular formula is C10H16. The van der Waals surface area contributed by atoms with Crippen molar-refractivity contribution >= 4 is 0 Å². The Hall–Kier alpha value is 0. The minimum absolute atomic E-state index is 0.948. The fraction of sp³-hybridized carbons (Fsp3) is 1.00. The Morgan fingerprint density at radius 2 is 1.20 bits per heavy atom. The molecule has 0 bridgehead atoms. The topological polar surface area (TPSA) is 0 Å². The van der Waals surface area contributed by atoms with Crippen LogP contribution in [-0.4, -0.2) is 0 Å². The predicted octanol–water partition coefficient (Wildman–Crippen LogP) is 3.12. The van der Waals surface area contributed by atoms with Crippen molar-refractivity contribution in [2.24, 2.45) is 10.8 Å². The lowest BCUT2D eigenvalue weighted by molar-refractivity contribution is 0.165. The first-order chi connectivity index (χ1) is 4.87. The highest BCUT2D eigenvalue weighted by molar-refractivity contribution is 5.22. The van der Waals surface area contributed by atoms with Gasteiger partial charge in [0.05, 0.1) is 0 Å². The van der Waals surface area contributed by atoms with Crippen molar-refractivity contribution in [1.82, 2.24) is 0 Å². The number of hydrogen-bond acceptors (Lipinski definition) is 0. The monoisotopic (exact) mass is 136 g/mol. The van der Waals surface area contributed by atoms with Crippen LogP contribution in [0, 0.1) is 10.8 Å². The maximum absolute atomic E-state index is 1.62. The summed E-state index contributed by atoms with van der Waals surface area (Å²) >= 11 is 0. The quantitative estimate of drug-likeness (QED) is 0.480. The summed E-state index contributed by atoms with van der Waals surface area (Å²) in [5.74, 6) is 0. The lowest BCUT2D eigenvalue weighted by Gasteiger charge is -2.34. The van der Waals surface area contributed by atoms with Crippen molar-refractivity contribution in [3.63, 3.8) is 0 Å². The number of hydrogen-bond donors (Lipinski definition) is 0. The molecule has 0 heteroatoms. The first kappa shape index (κ1) is 5.62. The molecule has 10 heavy (non-hydrogen) atoms. The normalized spacial score (nSPS) is 57.6. The van der Waals surface area contributed by atoms with Crippen molar-refractivity contribution in [1.29, 1.82) is 0 Å². The summed E-state index contributed by atoms with van der Waals surface area (Å²) < 4.78 is 0. The van der Waals surface area contributed by atoms with E-state index in [1.54, 1.807) is 44.9 Å². The van der Waals surface area contributed by atoms with E-state index in [4.69, 9.17) is 0 Å². The zero-order chi connectivity index (χ0) is 6.66. The molecule has 2 unspecified atom stereocenters. The van der Waals surface area contributed by atoms with E-state index < -0.39 is 0 Å². The molecule has 0 aromatic rings. The van der Waals surface area contributed by atoms with Crippen molar-refractivity contribution in [2.45, 2.75) is 51.4 Å². The SMILES string of the molecule is C1CCC23CCC2(CC1)C3. The molecule has 3 aliphatic carbocycles. The Bertz CT molecular complexity index is 155. The molecular weight excluding hydrogens is 120 g/mol. The second-order valence-electron chi connectivity index (χ2n) is 4.80. The summed E-state index contributed by atoms with van der Waals surface area (Å²) in [4.78, 5) is 0. The van der Waals surface area contributed by atoms with Gasteiger partial charge < -0.3 is 0 Å². The Morgan fingerprint density at radius 3 is 1.70 bits per heavy atom. The van der Waals surface area contributed by atoms with Gasteiger partial charge in [-0.15, -0.1) is 0 Å². The highest BCUT2D eigenvalue weighted by atomic mass is 14.8. The zero-order valence-corrected chi connectivity index (χ0v) is 6.66. The maximum Gasteiger partial charge on any atom is -0.0235 e. The second-order valence-corrected chi connectivity index (χ2v) is 4.80. The first-order valence-corrected chi connectivity index (χ1v) is 4.87. The average molecular weight is 136 g/mol. The molecule has 3 saturated carbocycles. The van der Waals surface area contributed by atoms with Gasteiger partial charge in [-0.05, 0) is 42.9 Å². The standard InChI is InChI=1S/C10H16/c1-2-4-9-6-7-10(9,8-9)5-3-1/h1-8H2. The van der Waals surface area contributed by atoms with Crippen molar-refractivity contribution in [3.05, 3.63) is 0 Å². The van der Waals surface area contributed by atoms with E-state index >= 15 is 0 Å². The minimum atomic E-state index is 0.948. The van der Waals surface area contributed by atoms with Gasteiger partial charge >= 0.3 is 0 Å². The molecule has 3 aliphatic rings. The van der Waals surface area contributed by atoms with Crippen LogP contribution in [0.4, 0.5) is 0 Å². The molecule has 56 valence electrons. The molecule has 0 aliphatic heterocycles. The van der Waals surface area contributed by atoms with Crippen LogP contribution in [0.25, 0.3) is 0 Å². The third-order valence-electron chi connectivity index (χ3n) is 4.57. The van der Waals surface area contributed by atoms with Crippen molar-refractivity contribution in [3.8, 4) is 0 Å². The van der Waals surface area contributed by atoms with Gasteiger partial charge in [0, 0.05) is 0 Å². The van der Waals surface area contributed by atoms with E-state index in [0.29, 0.717) is 0 Å². The largest absolute Gasteiger partial charge is 0.0533 e. The summed E-state index contributed by atoms with van der Waals surface area (Å²) in [5, 5.41) is 0. The van der Waals surface area contributed by atoms with Crippen molar-refractivity contribution in [2.75, 3.05) is 0 Å². The fourth-order valence-electron chi connectivity index (χ4n) is 3.67. The number of rotatable bonds is 0. The fourth-order valence-corrected chi connectivity index (χ4v) is 3.67. The maximum atomic E-state index is 1.62. The lowest BCUT2D eigenvalue weighted by Crippen LogP contribution is -2.23. The molecule has 0 amide bonds. The predicted molar refractivity (Wildman–Crippen MR) is 41.8 cm³/mol. The molecule has 0 nitrogen and oxygen atoms in total. The third kappa shape index (κ3) is 0.436. The molecule has 0 N–H and O–H groups in total. The van der Waals surface area contributed by atoms with E-state index in [9.17, 15) is 0 Å². The van der Waals surface area contributed by atoms with Crippen LogP contribution in [0.5, 0.6) is 0 Å². The second kappa shape index (κ2) is 1.44. The van der Waals surface area contributed by atoms with Gasteiger partial charge in [0.2, 0.25) is 0 Å². The van der Waals surface area contributed by atoms with Crippen LogP contribution in [0.1, 0.15) is 51.4 Å². The average Bonchev–Trinajstić information content (AvgIpc) is 2.30. The summed E-state index contributed by atoms with van der Waals surface area (Å²) in [6, 6.07) is 0. The summed E-state index contributed by atoms with van der Waals surface area (Å²) in [6.45, 7) is 0. The molecule has 3 fully saturated rings. The first-order valence-electron chi connectivity index (χ1n) is 4.87. The molecule has 0 aromatic carbocycles. The van der Waals surface area contributed by atoms with Gasteiger partial charge in [0.25, 0.3) is 0 Å². The summed E-state index contributed by atoms with van der Waals surface area (Å²) in [7, 11) is 0. The highest BCUT2D eigenvalue weighted by Crippen LogP contribution is 2.82. The summed E-state index contributed by atoms with van der Waals surface area (Å²) in [6.07, 6.45) is 12.6. The molecule has 3 rings (SSSR count). The Balaban J connectivity index is 1.88. The molecule has 2 atom stereocenters. The van der Waals surface area contributed by atoms with Gasteiger partial charge in [-0.3, -0.25) is 0 Å². The van der Waals surface area contributed by atoms with E-state index in [1.165, 1.54) is 6.42 Å². The van der Waals surface area contributed by atoms with E-state index in [1.807, 2.05) is 0 Å². The molecule has 0 heterocycles. The van der Waals surface area contributed by atoms with E-state index in [2.05, 4.69) is 0 Å². The highest BCUT2D eigenvalue weighted by Gasteiger charge is 2.72. The third-order valence-corrected chi connectivity index (χ3v) is 4.57. The van der Waals surface area contributed by atoms with Gasteiger partial charge in [0.15, 0.2) is 0 Å². The molecule has 0 aromatic heterocycles. The minimum Gasteiger partial charge on any atom is -0.0533 e. The summed E-state index contributed by atoms with van der Waals surface area (Å²) in [5.41, 5.74) is 1.90. The molecule has 0 saturated heterocycles. The Kier molecular flexibility index (Phi) is 0.810.